The molecule has 1 N–H and O–H groups in total. The summed E-state index contributed by atoms with van der Waals surface area (Å²) in [6, 6.07) is 11.0. The highest BCUT2D eigenvalue weighted by molar-refractivity contribution is 7.92. The molecule has 1 aromatic heterocycles. The number of fused-ring (bicyclic) bond motifs is 1. The van der Waals surface area contributed by atoms with E-state index in [0.717, 1.165) is 46.0 Å². The molecule has 0 radical (unpaired) electrons. The summed E-state index contributed by atoms with van der Waals surface area (Å²) >= 11 is 1.35. The van der Waals surface area contributed by atoms with Gasteiger partial charge >= 0.3 is 5.97 Å². The first kappa shape index (κ1) is 28.4. The monoisotopic (exact) mass is 572 g/mol. The van der Waals surface area contributed by atoms with Gasteiger partial charge in [-0.1, -0.05) is 17.7 Å². The Morgan fingerprint density at radius 1 is 1.00 bits per heavy atom. The molecule has 0 unspecified atom stereocenters. The van der Waals surface area contributed by atoms with Gasteiger partial charge in [0.05, 0.1) is 37.0 Å². The van der Waals surface area contributed by atoms with Crippen molar-refractivity contribution >= 4 is 43.9 Å². The van der Waals surface area contributed by atoms with Crippen LogP contribution in [0, 0.1) is 6.92 Å². The molecule has 3 aromatic rings. The molecule has 208 valence electrons. The Kier molecular flexibility index (Phi) is 8.81. The first-order valence-electron chi connectivity index (χ1n) is 12.6. The normalized spacial score (nSPS) is 12.8. The number of amides is 1. The quantitative estimate of drug-likeness (QED) is 0.342. The van der Waals surface area contributed by atoms with Crippen LogP contribution in [0.2, 0.25) is 0 Å². The van der Waals surface area contributed by atoms with Crippen LogP contribution >= 0.6 is 11.3 Å². The predicted molar refractivity (Wildman–Crippen MR) is 151 cm³/mol. The van der Waals surface area contributed by atoms with Gasteiger partial charge in [0.15, 0.2) is 11.5 Å². The van der Waals surface area contributed by atoms with E-state index in [1.165, 1.54) is 43.8 Å². The van der Waals surface area contributed by atoms with Crippen LogP contribution in [0.4, 0.5) is 10.7 Å². The lowest BCUT2D eigenvalue weighted by atomic mass is 9.95. The summed E-state index contributed by atoms with van der Waals surface area (Å²) in [5, 5.41) is 3.19. The molecule has 0 spiro atoms. The summed E-state index contributed by atoms with van der Waals surface area (Å²) in [6.45, 7) is 3.26. The zero-order valence-electron chi connectivity index (χ0n) is 22.4. The van der Waals surface area contributed by atoms with Crippen molar-refractivity contribution in [3.63, 3.8) is 0 Å². The number of nitrogens with zero attached hydrogens (tertiary/aromatic N) is 1. The molecule has 1 aliphatic carbocycles. The van der Waals surface area contributed by atoms with Crippen LogP contribution in [0.1, 0.15) is 46.1 Å². The third-order valence-corrected chi connectivity index (χ3v) is 9.45. The Bertz CT molecular complexity index is 1460. The summed E-state index contributed by atoms with van der Waals surface area (Å²) in [6.07, 6.45) is 3.51. The summed E-state index contributed by atoms with van der Waals surface area (Å²) in [4.78, 5) is 27.3. The molecular formula is C28H32N2O7S2. The average Bonchev–Trinajstić information content (AvgIpc) is 3.29. The molecular weight excluding hydrogens is 540 g/mol. The fourth-order valence-corrected chi connectivity index (χ4v) is 7.21. The molecule has 11 heteroatoms. The number of methoxy groups -OCH3 is 2. The van der Waals surface area contributed by atoms with E-state index in [1.807, 2.05) is 6.92 Å². The third-order valence-electron chi connectivity index (χ3n) is 6.46. The van der Waals surface area contributed by atoms with Crippen LogP contribution < -0.4 is 19.1 Å². The molecule has 39 heavy (non-hydrogen) atoms. The van der Waals surface area contributed by atoms with Crippen LogP contribution in [0.25, 0.3) is 0 Å². The van der Waals surface area contributed by atoms with Gasteiger partial charge in [-0.2, -0.15) is 0 Å². The van der Waals surface area contributed by atoms with Crippen molar-refractivity contribution in [2.75, 3.05) is 37.0 Å². The lowest BCUT2D eigenvalue weighted by Crippen LogP contribution is -2.38. The maximum absolute atomic E-state index is 13.8. The number of hydrogen-bond donors (Lipinski definition) is 1. The number of ether oxygens (including phenoxy) is 3. The Hall–Kier alpha value is -3.57. The van der Waals surface area contributed by atoms with Gasteiger partial charge in [0.25, 0.3) is 10.0 Å². The lowest BCUT2D eigenvalue weighted by molar-refractivity contribution is -0.114. The standard InChI is InChI=1S/C28H32N2O7S2/c1-5-37-28(32)26-21-8-6-7-9-24(21)38-27(26)29-25(31)17-30(19-12-15-22(35-3)23(16-19)36-4)39(33,34)20-13-10-18(2)11-14-20/h10-16H,5-9,17H2,1-4H3,(H,29,31). The number of thiophene rings is 1. The van der Waals surface area contributed by atoms with Gasteiger partial charge in [0, 0.05) is 10.9 Å². The largest absolute Gasteiger partial charge is 0.493 e. The molecule has 0 fully saturated rings. The maximum Gasteiger partial charge on any atom is 0.341 e. The fraction of sp³-hybridized carbons (Fsp3) is 0.357. The van der Waals surface area contributed by atoms with Crippen LogP contribution in [-0.4, -0.2) is 47.7 Å². The molecule has 4 rings (SSSR count). The Balaban J connectivity index is 1.71. The number of benzene rings is 2. The first-order chi connectivity index (χ1) is 18.7. The second kappa shape index (κ2) is 12.1. The molecule has 0 saturated heterocycles. The summed E-state index contributed by atoms with van der Waals surface area (Å²) in [7, 11) is -1.23. The molecule has 2 aromatic carbocycles. The van der Waals surface area contributed by atoms with Crippen LogP contribution in [-0.2, 0) is 32.4 Å². The fourth-order valence-electron chi connectivity index (χ4n) is 4.50. The zero-order chi connectivity index (χ0) is 28.2. The minimum absolute atomic E-state index is 0.0366. The van der Waals surface area contributed by atoms with Crippen molar-refractivity contribution in [1.29, 1.82) is 0 Å². The number of nitrogens with one attached hydrogen (secondary N) is 1. The topological polar surface area (TPSA) is 111 Å². The molecule has 1 amide bonds. The maximum atomic E-state index is 13.8. The van der Waals surface area contributed by atoms with E-state index in [0.29, 0.717) is 22.1 Å². The van der Waals surface area contributed by atoms with Crippen molar-refractivity contribution in [2.45, 2.75) is 44.4 Å². The van der Waals surface area contributed by atoms with Gasteiger partial charge < -0.3 is 19.5 Å². The van der Waals surface area contributed by atoms with Gasteiger partial charge in [-0.25, -0.2) is 13.2 Å². The second-order valence-corrected chi connectivity index (χ2v) is 12.0. The van der Waals surface area contributed by atoms with Gasteiger partial charge in [0.1, 0.15) is 11.5 Å². The molecule has 9 nitrogen and oxygen atoms in total. The average molecular weight is 573 g/mol. The third kappa shape index (κ3) is 6.04. The molecule has 1 aliphatic rings. The van der Waals surface area contributed by atoms with Crippen molar-refractivity contribution in [1.82, 2.24) is 0 Å². The zero-order valence-corrected chi connectivity index (χ0v) is 24.0. The SMILES string of the molecule is CCOC(=O)c1c(NC(=O)CN(c2ccc(OC)c(OC)c2)S(=O)(=O)c2ccc(C)cc2)sc2c1CCCC2. The number of hydrogen-bond acceptors (Lipinski definition) is 8. The highest BCUT2D eigenvalue weighted by Crippen LogP contribution is 2.39. The minimum Gasteiger partial charge on any atom is -0.493 e. The number of anilines is 2. The second-order valence-electron chi connectivity index (χ2n) is 9.05. The van der Waals surface area contributed by atoms with Crippen molar-refractivity contribution in [2.24, 2.45) is 0 Å². The van der Waals surface area contributed by atoms with E-state index >= 15 is 0 Å². The lowest BCUT2D eigenvalue weighted by Gasteiger charge is -2.25. The molecule has 1 heterocycles. The van der Waals surface area contributed by atoms with Gasteiger partial charge in [-0.3, -0.25) is 9.10 Å². The van der Waals surface area contributed by atoms with Gasteiger partial charge in [-0.05, 0) is 69.4 Å². The van der Waals surface area contributed by atoms with E-state index in [4.69, 9.17) is 14.2 Å². The van der Waals surface area contributed by atoms with Crippen LogP contribution in [0.15, 0.2) is 47.4 Å². The summed E-state index contributed by atoms with van der Waals surface area (Å²) in [5.41, 5.74) is 2.39. The Morgan fingerprint density at radius 3 is 2.36 bits per heavy atom. The highest BCUT2D eigenvalue weighted by atomic mass is 32.2. The molecule has 0 saturated carbocycles. The summed E-state index contributed by atoms with van der Waals surface area (Å²) < 4.78 is 44.6. The van der Waals surface area contributed by atoms with Crippen molar-refractivity contribution in [3.8, 4) is 11.5 Å². The molecule has 0 aliphatic heterocycles. The number of sulfonamides is 1. The van der Waals surface area contributed by atoms with E-state index < -0.39 is 28.4 Å². The number of carbonyl (C=O) groups is 2. The van der Waals surface area contributed by atoms with Crippen LogP contribution in [0.3, 0.4) is 0 Å². The van der Waals surface area contributed by atoms with E-state index in [-0.39, 0.29) is 17.2 Å². The number of aryl methyl sites for hydroxylation is 2. The number of esters is 1. The number of rotatable bonds is 10. The van der Waals surface area contributed by atoms with E-state index in [9.17, 15) is 18.0 Å². The first-order valence-corrected chi connectivity index (χ1v) is 14.9. The Labute approximate surface area is 232 Å². The van der Waals surface area contributed by atoms with Gasteiger partial charge in [0.2, 0.25) is 5.91 Å². The molecule has 0 atom stereocenters. The Morgan fingerprint density at radius 2 is 1.69 bits per heavy atom. The van der Waals surface area contributed by atoms with Crippen molar-refractivity contribution in [3.05, 3.63) is 64.0 Å². The van der Waals surface area contributed by atoms with Crippen molar-refractivity contribution < 1.29 is 32.2 Å². The van der Waals surface area contributed by atoms with E-state index in [2.05, 4.69) is 5.32 Å². The van der Waals surface area contributed by atoms with Gasteiger partial charge in [-0.15, -0.1) is 11.3 Å². The minimum atomic E-state index is -4.15. The molecule has 0 bridgehead atoms. The highest BCUT2D eigenvalue weighted by Gasteiger charge is 2.31. The smallest absolute Gasteiger partial charge is 0.341 e. The number of carbonyl (C=O) groups excluding carboxylic acids is 2. The predicted octanol–water partition coefficient (Wildman–Crippen LogP) is 4.96. The van der Waals surface area contributed by atoms with E-state index in [1.54, 1.807) is 31.2 Å². The summed E-state index contributed by atoms with van der Waals surface area (Å²) in [5.74, 6) is -0.350. The van der Waals surface area contributed by atoms with Crippen LogP contribution in [0.5, 0.6) is 11.5 Å².